The highest BCUT2D eigenvalue weighted by atomic mass is 16.2. The van der Waals surface area contributed by atoms with E-state index in [9.17, 15) is 10.1 Å². The van der Waals surface area contributed by atoms with E-state index in [1.165, 1.54) is 0 Å². The van der Waals surface area contributed by atoms with Gasteiger partial charge < -0.3 is 9.80 Å². The number of rotatable bonds is 6. The van der Waals surface area contributed by atoms with Gasteiger partial charge in [0.25, 0.3) is 0 Å². The molecule has 1 amide bonds. The third-order valence-electron chi connectivity index (χ3n) is 6.67. The minimum absolute atomic E-state index is 0.200. The van der Waals surface area contributed by atoms with Gasteiger partial charge in [-0.15, -0.1) is 5.10 Å². The normalized spacial score (nSPS) is 14.1. The summed E-state index contributed by atoms with van der Waals surface area (Å²) in [5, 5.41) is 22.7. The van der Waals surface area contributed by atoms with Gasteiger partial charge in [0.15, 0.2) is 0 Å². The Morgan fingerprint density at radius 1 is 1.05 bits per heavy atom. The lowest BCUT2D eigenvalue weighted by molar-refractivity contribution is -0.132. The fraction of sp³-hybridized carbons (Fsp3) is 0.407. The van der Waals surface area contributed by atoms with E-state index in [1.807, 2.05) is 46.4 Å². The van der Waals surface area contributed by atoms with E-state index < -0.39 is 0 Å². The molecule has 190 valence electrons. The van der Waals surface area contributed by atoms with Gasteiger partial charge in [-0.2, -0.15) is 10.4 Å². The highest BCUT2D eigenvalue weighted by molar-refractivity contribution is 5.87. The summed E-state index contributed by atoms with van der Waals surface area (Å²) in [5.74, 6) is 1.47. The Kier molecular flexibility index (Phi) is 6.61. The number of pyridine rings is 2. The number of carbonyl (C=O) groups is 1. The average molecular weight is 498 g/mol. The molecule has 0 aliphatic carbocycles. The van der Waals surface area contributed by atoms with Crippen LogP contribution in [0.5, 0.6) is 0 Å². The van der Waals surface area contributed by atoms with E-state index in [2.05, 4.69) is 54.1 Å². The van der Waals surface area contributed by atoms with Crippen LogP contribution >= 0.6 is 0 Å². The molecule has 10 nitrogen and oxygen atoms in total. The predicted molar refractivity (Wildman–Crippen MR) is 141 cm³/mol. The number of amides is 1. The number of nitrogens with zero attached hydrogens (tertiary/aromatic N) is 9. The van der Waals surface area contributed by atoms with Crippen LogP contribution in [0.3, 0.4) is 0 Å². The summed E-state index contributed by atoms with van der Waals surface area (Å²) in [6, 6.07) is 8.49. The van der Waals surface area contributed by atoms with Crippen LogP contribution in [0.2, 0.25) is 0 Å². The molecule has 1 aliphatic heterocycles. The van der Waals surface area contributed by atoms with Crippen molar-refractivity contribution in [2.75, 3.05) is 31.1 Å². The summed E-state index contributed by atoms with van der Waals surface area (Å²) >= 11 is 0. The van der Waals surface area contributed by atoms with Crippen molar-refractivity contribution in [3.05, 3.63) is 48.5 Å². The Hall–Kier alpha value is -4.26. The summed E-state index contributed by atoms with van der Waals surface area (Å²) in [4.78, 5) is 21.3. The molecule has 0 unspecified atom stereocenters. The number of aromatic nitrogens is 6. The maximum Gasteiger partial charge on any atom is 0.222 e. The molecule has 4 aromatic heterocycles. The number of piperazine rings is 1. The van der Waals surface area contributed by atoms with Gasteiger partial charge >= 0.3 is 0 Å². The molecule has 10 heteroatoms. The van der Waals surface area contributed by atoms with Crippen molar-refractivity contribution < 1.29 is 4.79 Å². The Morgan fingerprint density at radius 2 is 1.84 bits per heavy atom. The monoisotopic (exact) mass is 497 g/mol. The van der Waals surface area contributed by atoms with Gasteiger partial charge in [-0.1, -0.05) is 19.1 Å². The standard InChI is InChI=1S/C27H31N9O/c1-18(2)11-26(37)34-9-7-33(8-10-34)25-6-5-20(14-29-25)23-12-21(24-17-35(19(3)4)32-31-24)16-36-27(23)22(13-28)15-30-36/h5-6,12,14-19H,7-11H2,1-4H3. The first kappa shape index (κ1) is 24.4. The van der Waals surface area contributed by atoms with Crippen LogP contribution in [-0.2, 0) is 4.79 Å². The molecule has 5 rings (SSSR count). The van der Waals surface area contributed by atoms with Crippen LogP contribution in [0, 0.1) is 17.2 Å². The number of fused-ring (bicyclic) bond motifs is 1. The Bertz CT molecular complexity index is 1450. The van der Waals surface area contributed by atoms with Crippen molar-refractivity contribution in [1.82, 2.24) is 34.5 Å². The molecule has 37 heavy (non-hydrogen) atoms. The summed E-state index contributed by atoms with van der Waals surface area (Å²) in [6.45, 7) is 11.2. The molecule has 5 heterocycles. The molecule has 1 saturated heterocycles. The van der Waals surface area contributed by atoms with Crippen molar-refractivity contribution in [2.45, 2.75) is 40.2 Å². The van der Waals surface area contributed by atoms with Crippen LogP contribution in [0.4, 0.5) is 5.82 Å². The van der Waals surface area contributed by atoms with Gasteiger partial charge in [0.2, 0.25) is 5.91 Å². The third-order valence-corrected chi connectivity index (χ3v) is 6.67. The van der Waals surface area contributed by atoms with Crippen LogP contribution in [-0.4, -0.2) is 66.6 Å². The molecule has 0 saturated carbocycles. The van der Waals surface area contributed by atoms with E-state index in [4.69, 9.17) is 4.98 Å². The van der Waals surface area contributed by atoms with Crippen molar-refractivity contribution >= 4 is 17.2 Å². The molecule has 0 bridgehead atoms. The number of nitriles is 1. The average Bonchev–Trinajstić information content (AvgIpc) is 3.56. The topological polar surface area (TPSA) is 108 Å². The fourth-order valence-electron chi connectivity index (χ4n) is 4.62. The quantitative estimate of drug-likeness (QED) is 0.399. The smallest absolute Gasteiger partial charge is 0.222 e. The van der Waals surface area contributed by atoms with Crippen LogP contribution < -0.4 is 4.90 Å². The molecule has 0 radical (unpaired) electrons. The van der Waals surface area contributed by atoms with Gasteiger partial charge in [-0.25, -0.2) is 14.2 Å². The van der Waals surface area contributed by atoms with Crippen LogP contribution in [0.1, 0.15) is 45.7 Å². The van der Waals surface area contributed by atoms with E-state index in [0.29, 0.717) is 31.0 Å². The molecule has 1 aliphatic rings. The lowest BCUT2D eigenvalue weighted by Gasteiger charge is -2.35. The number of hydrogen-bond donors (Lipinski definition) is 0. The summed E-state index contributed by atoms with van der Waals surface area (Å²) in [5.41, 5.74) is 4.56. The SMILES string of the molecule is CC(C)CC(=O)N1CCN(c2ccc(-c3cc(-c4cn(C(C)C)nn4)cn4ncc(C#N)c34)cn2)CC1. The van der Waals surface area contributed by atoms with E-state index in [1.54, 1.807) is 10.7 Å². The lowest BCUT2D eigenvalue weighted by atomic mass is 10.0. The Morgan fingerprint density at radius 3 is 2.46 bits per heavy atom. The molecule has 0 atom stereocenters. The zero-order valence-corrected chi connectivity index (χ0v) is 21.7. The largest absolute Gasteiger partial charge is 0.353 e. The third kappa shape index (κ3) is 4.89. The second-order valence-corrected chi connectivity index (χ2v) is 10.2. The number of carbonyl (C=O) groups excluding carboxylic acids is 1. The fourth-order valence-corrected chi connectivity index (χ4v) is 4.62. The highest BCUT2D eigenvalue weighted by Gasteiger charge is 2.23. The zero-order valence-electron chi connectivity index (χ0n) is 21.7. The van der Waals surface area contributed by atoms with E-state index >= 15 is 0 Å². The molecule has 0 spiro atoms. The molecule has 0 aromatic carbocycles. The van der Waals surface area contributed by atoms with Crippen molar-refractivity contribution in [2.24, 2.45) is 5.92 Å². The van der Waals surface area contributed by atoms with Gasteiger partial charge in [-0.3, -0.25) is 4.79 Å². The maximum absolute atomic E-state index is 12.4. The molecular weight excluding hydrogens is 466 g/mol. The van der Waals surface area contributed by atoms with E-state index in [0.717, 1.165) is 46.8 Å². The maximum atomic E-state index is 12.4. The van der Waals surface area contributed by atoms with Gasteiger partial charge in [0.1, 0.15) is 17.6 Å². The van der Waals surface area contributed by atoms with Crippen LogP contribution in [0.25, 0.3) is 27.9 Å². The second kappa shape index (κ2) is 10.0. The Balaban J connectivity index is 1.42. The summed E-state index contributed by atoms with van der Waals surface area (Å²) < 4.78 is 3.54. The number of anilines is 1. The highest BCUT2D eigenvalue weighted by Crippen LogP contribution is 2.32. The van der Waals surface area contributed by atoms with Gasteiger partial charge in [-0.05, 0) is 38.0 Å². The predicted octanol–water partition coefficient (Wildman–Crippen LogP) is 3.80. The summed E-state index contributed by atoms with van der Waals surface area (Å²) in [7, 11) is 0. The van der Waals surface area contributed by atoms with Crippen LogP contribution in [0.15, 0.2) is 43.0 Å². The first-order valence-corrected chi connectivity index (χ1v) is 12.7. The summed E-state index contributed by atoms with van der Waals surface area (Å²) in [6.07, 6.45) is 7.79. The molecule has 4 aromatic rings. The number of hydrogen-bond acceptors (Lipinski definition) is 7. The minimum atomic E-state index is 0.200. The molecule has 1 fully saturated rings. The van der Waals surface area contributed by atoms with Crippen molar-refractivity contribution in [3.8, 4) is 28.5 Å². The van der Waals surface area contributed by atoms with Gasteiger partial charge in [0, 0.05) is 67.7 Å². The van der Waals surface area contributed by atoms with Gasteiger partial charge in [0.05, 0.1) is 23.5 Å². The molecule has 0 N–H and O–H groups in total. The molecular formula is C27H31N9O. The second-order valence-electron chi connectivity index (χ2n) is 10.2. The lowest BCUT2D eigenvalue weighted by Crippen LogP contribution is -2.49. The van der Waals surface area contributed by atoms with E-state index in [-0.39, 0.29) is 11.9 Å². The minimum Gasteiger partial charge on any atom is -0.353 e. The first-order valence-electron chi connectivity index (χ1n) is 12.7. The first-order chi connectivity index (χ1) is 17.8. The van der Waals surface area contributed by atoms with Crippen molar-refractivity contribution in [1.29, 1.82) is 5.26 Å². The zero-order chi connectivity index (χ0) is 26.1. The Labute approximate surface area is 216 Å². The van der Waals surface area contributed by atoms with Crippen molar-refractivity contribution in [3.63, 3.8) is 0 Å².